The van der Waals surface area contributed by atoms with Crippen LogP contribution >= 0.6 is 12.4 Å². The number of hydrogen-bond acceptors (Lipinski definition) is 5. The van der Waals surface area contributed by atoms with E-state index in [2.05, 4.69) is 42.4 Å². The van der Waals surface area contributed by atoms with Gasteiger partial charge in [0.25, 0.3) is 11.8 Å². The molecule has 2 amide bonds. The fraction of sp³-hybridized carbons (Fsp3) is 0.250. The molecule has 3 aromatic rings. The molecule has 0 spiro atoms. The maximum atomic E-state index is 12.3. The minimum Gasteiger partial charge on any atom is -0.300 e. The normalized spacial score (nSPS) is 10.6. The number of nitrogens with one attached hydrogen (secondary N) is 2. The highest BCUT2D eigenvalue weighted by Gasteiger charge is 2.11. The highest BCUT2D eigenvalue weighted by molar-refractivity contribution is 5.97. The van der Waals surface area contributed by atoms with E-state index >= 15 is 0 Å². The molecule has 0 heterocycles. The molecule has 8 heteroatoms. The molecule has 0 aliphatic heterocycles. The lowest BCUT2D eigenvalue weighted by atomic mass is 10.0. The molecular weight excluding hydrogens is 430 g/mol. The van der Waals surface area contributed by atoms with E-state index in [4.69, 9.17) is 10.0 Å². The van der Waals surface area contributed by atoms with Crippen molar-refractivity contribution in [3.8, 4) is 0 Å². The summed E-state index contributed by atoms with van der Waals surface area (Å²) in [7, 11) is 0. The van der Waals surface area contributed by atoms with Crippen LogP contribution in [0.25, 0.3) is 10.8 Å². The summed E-state index contributed by atoms with van der Waals surface area (Å²) in [6, 6.07) is 18.3. The summed E-state index contributed by atoms with van der Waals surface area (Å²) < 4.78 is 0. The Morgan fingerprint density at radius 3 is 2.19 bits per heavy atom. The summed E-state index contributed by atoms with van der Waals surface area (Å²) in [5.41, 5.74) is 6.80. The van der Waals surface area contributed by atoms with Gasteiger partial charge in [-0.3, -0.25) is 24.5 Å². The fourth-order valence-corrected chi connectivity index (χ4v) is 3.45. The maximum Gasteiger partial charge on any atom is 0.274 e. The SMILES string of the molecule is CCN(CC)Cc1cc(CONC(=O)c2ccc(C(=O)NO)cc2)c2ccccc2c1.Cl. The van der Waals surface area contributed by atoms with E-state index in [1.165, 1.54) is 29.8 Å². The summed E-state index contributed by atoms with van der Waals surface area (Å²) in [6.07, 6.45) is 0. The van der Waals surface area contributed by atoms with Crippen molar-refractivity contribution in [1.82, 2.24) is 15.9 Å². The third-order valence-corrected chi connectivity index (χ3v) is 5.21. The van der Waals surface area contributed by atoms with Crippen molar-refractivity contribution in [3.05, 3.63) is 82.9 Å². The molecule has 0 aromatic heterocycles. The highest BCUT2D eigenvalue weighted by atomic mass is 35.5. The topological polar surface area (TPSA) is 90.9 Å². The van der Waals surface area contributed by atoms with Gasteiger partial charge in [-0.1, -0.05) is 44.2 Å². The number of rotatable bonds is 9. The number of carbonyl (C=O) groups is 2. The monoisotopic (exact) mass is 457 g/mol. The Balaban J connectivity index is 0.00000363. The fourth-order valence-electron chi connectivity index (χ4n) is 3.45. The Morgan fingerprint density at radius 1 is 0.938 bits per heavy atom. The lowest BCUT2D eigenvalue weighted by Gasteiger charge is -2.19. The van der Waals surface area contributed by atoms with Crippen molar-refractivity contribution in [2.75, 3.05) is 13.1 Å². The molecule has 0 bridgehead atoms. The standard InChI is InChI=1S/C24H27N3O4.ClH/c1-3-27(4-2)15-17-13-20-7-5-6-8-22(20)21(14-17)16-31-26-24(29)19-11-9-18(10-12-19)23(28)25-30;/h5-14,30H,3-4,15-16H2,1-2H3,(H,25,28)(H,26,29);1H. The van der Waals surface area contributed by atoms with Crippen molar-refractivity contribution in [2.45, 2.75) is 27.0 Å². The molecule has 0 unspecified atom stereocenters. The lowest BCUT2D eigenvalue weighted by Crippen LogP contribution is -2.24. The van der Waals surface area contributed by atoms with Crippen LogP contribution in [0.1, 0.15) is 45.7 Å². The average Bonchev–Trinajstić information content (AvgIpc) is 2.82. The molecule has 3 rings (SSSR count). The second-order valence-corrected chi connectivity index (χ2v) is 7.18. The van der Waals surface area contributed by atoms with Crippen molar-refractivity contribution in [3.63, 3.8) is 0 Å². The van der Waals surface area contributed by atoms with E-state index in [0.29, 0.717) is 5.56 Å². The predicted molar refractivity (Wildman–Crippen MR) is 126 cm³/mol. The number of nitrogens with zero attached hydrogens (tertiary/aromatic N) is 1. The molecule has 0 radical (unpaired) electrons. The molecule has 0 aliphatic rings. The van der Waals surface area contributed by atoms with Gasteiger partial charge in [-0.05, 0) is 65.3 Å². The summed E-state index contributed by atoms with van der Waals surface area (Å²) in [6.45, 7) is 7.32. The highest BCUT2D eigenvalue weighted by Crippen LogP contribution is 2.23. The Morgan fingerprint density at radius 2 is 1.56 bits per heavy atom. The quantitative estimate of drug-likeness (QED) is 0.332. The van der Waals surface area contributed by atoms with Gasteiger partial charge in [0.2, 0.25) is 0 Å². The minimum atomic E-state index is -0.639. The van der Waals surface area contributed by atoms with Gasteiger partial charge in [0.15, 0.2) is 0 Å². The zero-order chi connectivity index (χ0) is 22.2. The van der Waals surface area contributed by atoms with Gasteiger partial charge in [-0.15, -0.1) is 12.4 Å². The van der Waals surface area contributed by atoms with Gasteiger partial charge >= 0.3 is 0 Å². The van der Waals surface area contributed by atoms with Crippen LogP contribution in [-0.2, 0) is 18.0 Å². The largest absolute Gasteiger partial charge is 0.300 e. The Hall–Kier alpha value is -2.97. The number of hydroxylamine groups is 2. The van der Waals surface area contributed by atoms with Crippen molar-refractivity contribution in [2.24, 2.45) is 0 Å². The molecule has 0 saturated heterocycles. The Bertz CT molecular complexity index is 1050. The van der Waals surface area contributed by atoms with Crippen molar-refractivity contribution >= 4 is 35.0 Å². The maximum absolute atomic E-state index is 12.3. The first kappa shape index (κ1) is 25.3. The molecule has 3 N–H and O–H groups in total. The lowest BCUT2D eigenvalue weighted by molar-refractivity contribution is 0.0237. The van der Waals surface area contributed by atoms with Gasteiger partial charge < -0.3 is 0 Å². The van der Waals surface area contributed by atoms with Gasteiger partial charge in [0.1, 0.15) is 6.61 Å². The van der Waals surface area contributed by atoms with Crippen LogP contribution in [0.2, 0.25) is 0 Å². The number of hydrogen-bond donors (Lipinski definition) is 3. The Kier molecular flexibility index (Phi) is 9.61. The molecule has 32 heavy (non-hydrogen) atoms. The zero-order valence-electron chi connectivity index (χ0n) is 18.1. The molecule has 0 atom stereocenters. The van der Waals surface area contributed by atoms with E-state index < -0.39 is 11.8 Å². The molecule has 0 aliphatic carbocycles. The third kappa shape index (κ3) is 6.27. The van der Waals surface area contributed by atoms with E-state index in [9.17, 15) is 9.59 Å². The second-order valence-electron chi connectivity index (χ2n) is 7.18. The first-order valence-electron chi connectivity index (χ1n) is 10.2. The molecule has 0 fully saturated rings. The number of carbonyl (C=O) groups excluding carboxylic acids is 2. The van der Waals surface area contributed by atoms with Crippen LogP contribution in [0.15, 0.2) is 60.7 Å². The van der Waals surface area contributed by atoms with Crippen LogP contribution in [0.5, 0.6) is 0 Å². The van der Waals surface area contributed by atoms with Crippen LogP contribution in [0.4, 0.5) is 0 Å². The number of amides is 2. The van der Waals surface area contributed by atoms with Gasteiger partial charge in [0, 0.05) is 17.7 Å². The summed E-state index contributed by atoms with van der Waals surface area (Å²) in [5, 5.41) is 10.9. The number of benzene rings is 3. The van der Waals surface area contributed by atoms with Crippen LogP contribution in [0, 0.1) is 0 Å². The van der Waals surface area contributed by atoms with Crippen LogP contribution in [0.3, 0.4) is 0 Å². The summed E-state index contributed by atoms with van der Waals surface area (Å²) in [5.74, 6) is -1.06. The number of fused-ring (bicyclic) bond motifs is 1. The predicted octanol–water partition coefficient (Wildman–Crippen LogP) is 4.08. The number of halogens is 1. The zero-order valence-corrected chi connectivity index (χ0v) is 18.9. The first-order valence-corrected chi connectivity index (χ1v) is 10.2. The smallest absolute Gasteiger partial charge is 0.274 e. The van der Waals surface area contributed by atoms with Crippen molar-refractivity contribution < 1.29 is 19.6 Å². The Labute approximate surface area is 193 Å². The van der Waals surface area contributed by atoms with Crippen molar-refractivity contribution in [1.29, 1.82) is 0 Å². The molecular formula is C24H28ClN3O4. The van der Waals surface area contributed by atoms with E-state index in [1.54, 1.807) is 5.48 Å². The van der Waals surface area contributed by atoms with Crippen LogP contribution < -0.4 is 11.0 Å². The van der Waals surface area contributed by atoms with E-state index in [1.807, 2.05) is 18.2 Å². The summed E-state index contributed by atoms with van der Waals surface area (Å²) >= 11 is 0. The molecule has 7 nitrogen and oxygen atoms in total. The van der Waals surface area contributed by atoms with Gasteiger partial charge in [-0.2, -0.15) is 0 Å². The van der Waals surface area contributed by atoms with E-state index in [0.717, 1.165) is 36.0 Å². The molecule has 170 valence electrons. The van der Waals surface area contributed by atoms with Crippen LogP contribution in [-0.4, -0.2) is 35.0 Å². The molecule has 3 aromatic carbocycles. The minimum absolute atomic E-state index is 0. The average molecular weight is 458 g/mol. The van der Waals surface area contributed by atoms with Gasteiger partial charge in [0.05, 0.1) is 0 Å². The van der Waals surface area contributed by atoms with Gasteiger partial charge in [-0.25, -0.2) is 11.0 Å². The second kappa shape index (κ2) is 12.2. The molecule has 0 saturated carbocycles. The first-order chi connectivity index (χ1) is 15.0. The summed E-state index contributed by atoms with van der Waals surface area (Å²) in [4.78, 5) is 31.6. The third-order valence-electron chi connectivity index (χ3n) is 5.21. The van der Waals surface area contributed by atoms with E-state index in [-0.39, 0.29) is 24.6 Å².